The number of methoxy groups -OCH3 is 2. The van der Waals surface area contributed by atoms with E-state index in [-0.39, 0.29) is 34.2 Å². The van der Waals surface area contributed by atoms with Gasteiger partial charge in [-0.05, 0) is 48.5 Å². The Balaban J connectivity index is 1.54. The fourth-order valence-electron chi connectivity index (χ4n) is 5.50. The molecule has 0 spiro atoms. The number of ketones is 2. The van der Waals surface area contributed by atoms with E-state index in [0.717, 1.165) is 14.2 Å². The Morgan fingerprint density at radius 3 is 1.22 bits per heavy atom. The average molecular weight is 685 g/mol. The molecule has 0 fully saturated rings. The zero-order valence-corrected chi connectivity index (χ0v) is 26.4. The number of aliphatic hydroxyl groups excluding tert-OH is 2. The molecule has 0 aliphatic heterocycles. The van der Waals surface area contributed by atoms with Gasteiger partial charge in [-0.2, -0.15) is 0 Å². The first-order valence-electron chi connectivity index (χ1n) is 14.8. The molecule has 0 bridgehead atoms. The van der Waals surface area contributed by atoms with E-state index in [9.17, 15) is 49.2 Å². The van der Waals surface area contributed by atoms with Gasteiger partial charge in [-0.1, -0.05) is 24.3 Å². The number of hydrogen-bond donors (Lipinski definition) is 4. The number of carbonyl (C=O) groups is 6. The molecule has 2 heterocycles. The van der Waals surface area contributed by atoms with Crippen LogP contribution in [0.15, 0.2) is 104 Å². The highest BCUT2D eigenvalue weighted by Gasteiger charge is 2.44. The van der Waals surface area contributed by atoms with Crippen LogP contribution in [0.25, 0.3) is 22.6 Å². The fourth-order valence-corrected chi connectivity index (χ4v) is 5.50. The molecule has 4 aromatic rings. The average Bonchev–Trinajstić information content (AvgIpc) is 3.81. The van der Waals surface area contributed by atoms with Crippen molar-refractivity contribution in [1.29, 1.82) is 0 Å². The molecule has 5 rings (SSSR count). The molecule has 50 heavy (non-hydrogen) atoms. The van der Waals surface area contributed by atoms with Gasteiger partial charge in [-0.25, -0.2) is 9.59 Å². The Kier molecular flexibility index (Phi) is 9.83. The minimum Gasteiger partial charge on any atom is -0.504 e. The van der Waals surface area contributed by atoms with Crippen LogP contribution in [0.5, 0.6) is 0 Å². The van der Waals surface area contributed by atoms with Crippen molar-refractivity contribution in [1.82, 2.24) is 0 Å². The van der Waals surface area contributed by atoms with Crippen LogP contribution < -0.4 is 0 Å². The molecule has 2 aromatic heterocycles. The van der Waals surface area contributed by atoms with E-state index < -0.39 is 82.8 Å². The van der Waals surface area contributed by atoms with Crippen molar-refractivity contribution in [2.24, 2.45) is 0 Å². The minimum atomic E-state index is -1.43. The maximum atomic E-state index is 13.8. The second kappa shape index (κ2) is 14.2. The zero-order chi connectivity index (χ0) is 36.3. The van der Waals surface area contributed by atoms with Crippen molar-refractivity contribution in [3.63, 3.8) is 0 Å². The molecule has 14 nitrogen and oxygen atoms in total. The number of allylic oxidation sites excluding steroid dienone is 2. The number of esters is 2. The monoisotopic (exact) mass is 684 g/mol. The van der Waals surface area contributed by atoms with Crippen LogP contribution in [-0.4, -0.2) is 70.1 Å². The number of rotatable bonds is 12. The summed E-state index contributed by atoms with van der Waals surface area (Å²) < 4.78 is 21.3. The summed E-state index contributed by atoms with van der Waals surface area (Å²) in [4.78, 5) is 75.1. The predicted molar refractivity (Wildman–Crippen MR) is 170 cm³/mol. The highest BCUT2D eigenvalue weighted by Crippen LogP contribution is 2.43. The first-order valence-corrected chi connectivity index (χ1v) is 14.8. The number of aromatic carboxylic acids is 2. The molecule has 1 aliphatic rings. The van der Waals surface area contributed by atoms with Gasteiger partial charge in [0.15, 0.2) is 11.5 Å². The van der Waals surface area contributed by atoms with Crippen molar-refractivity contribution >= 4 is 35.4 Å². The molecule has 0 radical (unpaired) electrons. The lowest BCUT2D eigenvalue weighted by molar-refractivity contribution is -0.142. The van der Waals surface area contributed by atoms with E-state index >= 15 is 0 Å². The number of benzene rings is 2. The van der Waals surface area contributed by atoms with E-state index in [2.05, 4.69) is 0 Å². The summed E-state index contributed by atoms with van der Waals surface area (Å²) in [6, 6.07) is 17.0. The summed E-state index contributed by atoms with van der Waals surface area (Å²) in [6.07, 6.45) is -1.20. The number of Topliss-reactive ketones (excluding diaryl/α,β-unsaturated/α-hetero) is 2. The smallest absolute Gasteiger partial charge is 0.335 e. The van der Waals surface area contributed by atoms with Gasteiger partial charge in [0, 0.05) is 11.1 Å². The molecule has 256 valence electrons. The molecule has 0 saturated carbocycles. The SMILES string of the molecule is COC(=O)CC(C1=C(O)C(=O)C(C(CC(=O)OC)c2ccc(-c3ccc(C(=O)O)cc3)o2)=C(O)C1=O)c1ccc(-c2ccc(C(=O)O)cc2)o1. The summed E-state index contributed by atoms with van der Waals surface area (Å²) in [7, 11) is 2.17. The van der Waals surface area contributed by atoms with Crippen molar-refractivity contribution < 1.29 is 67.5 Å². The van der Waals surface area contributed by atoms with E-state index in [1.807, 2.05) is 0 Å². The summed E-state index contributed by atoms with van der Waals surface area (Å²) in [5.41, 5.74) is -0.413. The second-order valence-corrected chi connectivity index (χ2v) is 11.0. The number of carbonyl (C=O) groups excluding carboxylic acids is 4. The lowest BCUT2D eigenvalue weighted by Crippen LogP contribution is -2.31. The molecule has 14 heteroatoms. The Labute approximate surface area is 282 Å². The molecule has 4 N–H and O–H groups in total. The second-order valence-electron chi connectivity index (χ2n) is 11.0. The van der Waals surface area contributed by atoms with Gasteiger partial charge in [-0.15, -0.1) is 0 Å². The molecule has 1 aliphatic carbocycles. The van der Waals surface area contributed by atoms with E-state index in [1.54, 1.807) is 0 Å². The highest BCUT2D eigenvalue weighted by atomic mass is 16.5. The molecule has 0 saturated heterocycles. The van der Waals surface area contributed by atoms with Crippen LogP contribution in [0.2, 0.25) is 0 Å². The molecular weight excluding hydrogens is 656 g/mol. The van der Waals surface area contributed by atoms with Crippen molar-refractivity contribution in [2.45, 2.75) is 24.7 Å². The first kappa shape index (κ1) is 34.6. The summed E-state index contributed by atoms with van der Waals surface area (Å²) in [5.74, 6) is -11.3. The minimum absolute atomic E-state index is 0.0224. The molecular formula is C36H28O14. The lowest BCUT2D eigenvalue weighted by Gasteiger charge is -2.25. The topological polar surface area (TPSA) is 228 Å². The van der Waals surface area contributed by atoms with Gasteiger partial charge in [0.2, 0.25) is 11.6 Å². The van der Waals surface area contributed by atoms with Gasteiger partial charge in [-0.3, -0.25) is 19.2 Å². The summed E-state index contributed by atoms with van der Waals surface area (Å²) in [5, 5.41) is 40.9. The largest absolute Gasteiger partial charge is 0.504 e. The third-order valence-corrected chi connectivity index (χ3v) is 8.10. The zero-order valence-electron chi connectivity index (χ0n) is 26.4. The van der Waals surface area contributed by atoms with Gasteiger partial charge in [0.1, 0.15) is 23.0 Å². The molecule has 2 unspecified atom stereocenters. The maximum Gasteiger partial charge on any atom is 0.335 e. The van der Waals surface area contributed by atoms with Crippen LogP contribution in [-0.2, 0) is 28.7 Å². The quantitative estimate of drug-likeness (QED) is 0.109. The van der Waals surface area contributed by atoms with Crippen molar-refractivity contribution in [3.05, 3.63) is 118 Å². The van der Waals surface area contributed by atoms with Gasteiger partial charge in [0.05, 0.1) is 61.2 Å². The number of hydrogen-bond acceptors (Lipinski definition) is 12. The number of aliphatic hydroxyl groups is 2. The predicted octanol–water partition coefficient (Wildman–Crippen LogP) is 5.37. The first-order chi connectivity index (χ1) is 23.8. The Bertz CT molecular complexity index is 1920. The van der Waals surface area contributed by atoms with Gasteiger partial charge < -0.3 is 38.7 Å². The normalized spacial score (nSPS) is 14.4. The summed E-state index contributed by atoms with van der Waals surface area (Å²) in [6.45, 7) is 0. The Morgan fingerprint density at radius 2 is 0.920 bits per heavy atom. The molecule has 2 aromatic carbocycles. The number of carboxylic acid groups (broad SMARTS) is 2. The van der Waals surface area contributed by atoms with E-state index in [4.69, 9.17) is 18.3 Å². The van der Waals surface area contributed by atoms with Crippen molar-refractivity contribution in [2.75, 3.05) is 14.2 Å². The summed E-state index contributed by atoms with van der Waals surface area (Å²) >= 11 is 0. The van der Waals surface area contributed by atoms with Crippen LogP contribution in [0.4, 0.5) is 0 Å². The lowest BCUT2D eigenvalue weighted by atomic mass is 9.78. The van der Waals surface area contributed by atoms with Crippen molar-refractivity contribution in [3.8, 4) is 22.6 Å². The Hall–Kier alpha value is -6.70. The third kappa shape index (κ3) is 6.80. The van der Waals surface area contributed by atoms with E-state index in [1.165, 1.54) is 72.8 Å². The highest BCUT2D eigenvalue weighted by molar-refractivity contribution is 6.24. The third-order valence-electron chi connectivity index (χ3n) is 8.10. The number of carboxylic acids is 2. The standard InChI is InChI=1S/C36H28O14/c1-47-27(37)15-21(25-13-11-23(49-25)17-3-7-19(8-4-17)35(43)44)29-31(39)33(41)30(34(42)32(29)40)22(16-28(38)48-2)26-14-12-24(50-26)18-5-9-20(10-6-18)36(45)46/h3-14,21-22,39,42H,15-16H2,1-2H3,(H,43,44)(H,45,46). The van der Waals surface area contributed by atoms with Gasteiger partial charge >= 0.3 is 23.9 Å². The van der Waals surface area contributed by atoms with Crippen LogP contribution in [0.1, 0.15) is 56.9 Å². The van der Waals surface area contributed by atoms with Crippen LogP contribution in [0, 0.1) is 0 Å². The maximum absolute atomic E-state index is 13.8. The Morgan fingerprint density at radius 1 is 0.580 bits per heavy atom. The number of furan rings is 2. The van der Waals surface area contributed by atoms with Crippen LogP contribution >= 0.6 is 0 Å². The van der Waals surface area contributed by atoms with E-state index in [0.29, 0.717) is 11.1 Å². The fraction of sp³-hybridized carbons (Fsp3) is 0.167. The van der Waals surface area contributed by atoms with Gasteiger partial charge in [0.25, 0.3) is 0 Å². The van der Waals surface area contributed by atoms with Crippen LogP contribution in [0.3, 0.4) is 0 Å². The number of ether oxygens (including phenoxy) is 2. The molecule has 0 amide bonds. The molecule has 2 atom stereocenters.